The van der Waals surface area contributed by atoms with Crippen molar-refractivity contribution in [3.63, 3.8) is 0 Å². The Balaban J connectivity index is 2.47. The molecule has 0 saturated heterocycles. The van der Waals surface area contributed by atoms with Crippen LogP contribution in [0.2, 0.25) is 0 Å². The van der Waals surface area contributed by atoms with E-state index in [1.165, 1.54) is 11.1 Å². The molecule has 1 heterocycles. The smallest absolute Gasteiger partial charge is 0.123 e. The Morgan fingerprint density at radius 3 is 2.86 bits per heavy atom. The second kappa shape index (κ2) is 3.64. The molecule has 2 rings (SSSR count). The zero-order chi connectivity index (χ0) is 10.1. The molecular formula is C13H18O. The first-order valence-electron chi connectivity index (χ1n) is 5.42. The van der Waals surface area contributed by atoms with Gasteiger partial charge in [0.15, 0.2) is 0 Å². The Morgan fingerprint density at radius 2 is 2.14 bits per heavy atom. The summed E-state index contributed by atoms with van der Waals surface area (Å²) < 4.78 is 5.68. The summed E-state index contributed by atoms with van der Waals surface area (Å²) in [7, 11) is 0. The summed E-state index contributed by atoms with van der Waals surface area (Å²) in [5.74, 6) is 2.49. The van der Waals surface area contributed by atoms with Crippen molar-refractivity contribution in [1.82, 2.24) is 0 Å². The molecular weight excluding hydrogens is 172 g/mol. The fourth-order valence-corrected chi connectivity index (χ4v) is 2.36. The zero-order valence-electron chi connectivity index (χ0n) is 9.21. The Morgan fingerprint density at radius 1 is 1.36 bits per heavy atom. The van der Waals surface area contributed by atoms with E-state index in [9.17, 15) is 0 Å². The van der Waals surface area contributed by atoms with Gasteiger partial charge >= 0.3 is 0 Å². The summed E-state index contributed by atoms with van der Waals surface area (Å²) >= 11 is 0. The first kappa shape index (κ1) is 9.57. The number of benzene rings is 1. The molecule has 0 aliphatic carbocycles. The van der Waals surface area contributed by atoms with Gasteiger partial charge in [-0.2, -0.15) is 0 Å². The van der Waals surface area contributed by atoms with Crippen molar-refractivity contribution in [2.45, 2.75) is 33.1 Å². The minimum atomic E-state index is 0.681. The average Bonchev–Trinajstić information content (AvgIpc) is 2.17. The molecule has 0 fully saturated rings. The number of rotatable bonds is 1. The summed E-state index contributed by atoms with van der Waals surface area (Å²) in [4.78, 5) is 0. The van der Waals surface area contributed by atoms with Gasteiger partial charge in [0, 0.05) is 5.56 Å². The zero-order valence-corrected chi connectivity index (χ0v) is 9.21. The predicted octanol–water partition coefficient (Wildman–Crippen LogP) is 3.52. The van der Waals surface area contributed by atoms with Gasteiger partial charge in [0.05, 0.1) is 6.61 Å². The predicted molar refractivity (Wildman–Crippen MR) is 58.9 cm³/mol. The first-order chi connectivity index (χ1) is 6.70. The van der Waals surface area contributed by atoms with Crippen LogP contribution in [-0.4, -0.2) is 6.61 Å². The third-order valence-electron chi connectivity index (χ3n) is 3.15. The van der Waals surface area contributed by atoms with E-state index in [1.54, 1.807) is 0 Å². The number of aryl methyl sites for hydroxylation is 1. The fourth-order valence-electron chi connectivity index (χ4n) is 2.36. The number of fused-ring (bicyclic) bond motifs is 1. The van der Waals surface area contributed by atoms with Crippen LogP contribution in [0.1, 0.15) is 37.3 Å². The summed E-state index contributed by atoms with van der Waals surface area (Å²) in [5.41, 5.74) is 2.81. The molecule has 0 saturated carbocycles. The van der Waals surface area contributed by atoms with Crippen LogP contribution in [0, 0.1) is 12.8 Å². The lowest BCUT2D eigenvalue weighted by Crippen LogP contribution is -2.19. The van der Waals surface area contributed by atoms with E-state index in [4.69, 9.17) is 4.74 Å². The fraction of sp³-hybridized carbons (Fsp3) is 0.538. The van der Waals surface area contributed by atoms with Crippen molar-refractivity contribution in [3.05, 3.63) is 29.3 Å². The number of ether oxygens (including phenoxy) is 1. The molecule has 1 nitrogen and oxygen atoms in total. The molecule has 0 spiro atoms. The molecule has 1 aliphatic rings. The van der Waals surface area contributed by atoms with E-state index in [-0.39, 0.29) is 0 Å². The second-order valence-electron chi connectivity index (χ2n) is 4.47. The number of hydrogen-bond acceptors (Lipinski definition) is 1. The van der Waals surface area contributed by atoms with Crippen molar-refractivity contribution >= 4 is 0 Å². The Bertz CT molecular complexity index is 328. The quantitative estimate of drug-likeness (QED) is 0.658. The molecule has 0 radical (unpaired) electrons. The summed E-state index contributed by atoms with van der Waals surface area (Å²) in [6.45, 7) is 7.65. The van der Waals surface area contributed by atoms with Crippen LogP contribution in [0.3, 0.4) is 0 Å². The highest BCUT2D eigenvalue weighted by molar-refractivity contribution is 5.43. The third kappa shape index (κ3) is 1.52. The van der Waals surface area contributed by atoms with Crippen LogP contribution in [0.5, 0.6) is 5.75 Å². The van der Waals surface area contributed by atoms with Gasteiger partial charge in [0.2, 0.25) is 0 Å². The van der Waals surface area contributed by atoms with Crippen molar-refractivity contribution in [3.8, 4) is 5.75 Å². The monoisotopic (exact) mass is 190 g/mol. The molecule has 1 heteroatoms. The van der Waals surface area contributed by atoms with E-state index in [1.807, 2.05) is 0 Å². The first-order valence-corrected chi connectivity index (χ1v) is 5.42. The summed E-state index contributed by atoms with van der Waals surface area (Å²) in [5, 5.41) is 0. The molecule has 76 valence electrons. The lowest BCUT2D eigenvalue weighted by molar-refractivity contribution is 0.246. The topological polar surface area (TPSA) is 9.23 Å². The van der Waals surface area contributed by atoms with E-state index in [0.717, 1.165) is 18.8 Å². The van der Waals surface area contributed by atoms with Crippen LogP contribution in [-0.2, 0) is 0 Å². The van der Waals surface area contributed by atoms with E-state index in [2.05, 4.69) is 39.0 Å². The SMILES string of the molecule is Cc1cccc2c1C(C(C)C)CCO2. The standard InChI is InChI=1S/C13H18O/c1-9(2)11-7-8-14-12-6-4-5-10(3)13(11)12/h4-6,9,11H,7-8H2,1-3H3. The largest absolute Gasteiger partial charge is 0.493 e. The number of hydrogen-bond donors (Lipinski definition) is 0. The van der Waals surface area contributed by atoms with Crippen LogP contribution in [0.15, 0.2) is 18.2 Å². The lowest BCUT2D eigenvalue weighted by atomic mass is 9.82. The van der Waals surface area contributed by atoms with E-state index < -0.39 is 0 Å². The van der Waals surface area contributed by atoms with Crippen molar-refractivity contribution in [1.29, 1.82) is 0 Å². The Kier molecular flexibility index (Phi) is 2.49. The van der Waals surface area contributed by atoms with Gasteiger partial charge in [-0.05, 0) is 36.8 Å². The third-order valence-corrected chi connectivity index (χ3v) is 3.15. The molecule has 1 atom stereocenters. The van der Waals surface area contributed by atoms with E-state index in [0.29, 0.717) is 11.8 Å². The molecule has 1 aromatic rings. The highest BCUT2D eigenvalue weighted by Crippen LogP contribution is 2.39. The van der Waals surface area contributed by atoms with Gasteiger partial charge in [0.25, 0.3) is 0 Å². The summed E-state index contributed by atoms with van der Waals surface area (Å²) in [6.07, 6.45) is 1.16. The van der Waals surface area contributed by atoms with Gasteiger partial charge in [-0.1, -0.05) is 26.0 Å². The van der Waals surface area contributed by atoms with Crippen LogP contribution < -0.4 is 4.74 Å². The molecule has 0 aromatic heterocycles. The van der Waals surface area contributed by atoms with Crippen molar-refractivity contribution < 1.29 is 4.74 Å². The summed E-state index contributed by atoms with van der Waals surface area (Å²) in [6, 6.07) is 6.36. The molecule has 0 N–H and O–H groups in total. The highest BCUT2D eigenvalue weighted by Gasteiger charge is 2.25. The van der Waals surface area contributed by atoms with Gasteiger partial charge in [-0.15, -0.1) is 0 Å². The van der Waals surface area contributed by atoms with Crippen LogP contribution in [0.4, 0.5) is 0 Å². The average molecular weight is 190 g/mol. The van der Waals surface area contributed by atoms with Crippen molar-refractivity contribution in [2.75, 3.05) is 6.61 Å². The maximum absolute atomic E-state index is 5.68. The van der Waals surface area contributed by atoms with Crippen LogP contribution in [0.25, 0.3) is 0 Å². The van der Waals surface area contributed by atoms with Gasteiger partial charge < -0.3 is 4.74 Å². The molecule has 1 aliphatic heterocycles. The second-order valence-corrected chi connectivity index (χ2v) is 4.47. The molecule has 14 heavy (non-hydrogen) atoms. The Labute approximate surface area is 86.1 Å². The maximum Gasteiger partial charge on any atom is 0.123 e. The van der Waals surface area contributed by atoms with Gasteiger partial charge in [0.1, 0.15) is 5.75 Å². The van der Waals surface area contributed by atoms with Gasteiger partial charge in [-0.3, -0.25) is 0 Å². The minimum Gasteiger partial charge on any atom is -0.493 e. The molecule has 0 bridgehead atoms. The van der Waals surface area contributed by atoms with Crippen molar-refractivity contribution in [2.24, 2.45) is 5.92 Å². The highest BCUT2D eigenvalue weighted by atomic mass is 16.5. The van der Waals surface area contributed by atoms with Crippen LogP contribution >= 0.6 is 0 Å². The normalized spacial score (nSPS) is 20.4. The maximum atomic E-state index is 5.68. The van der Waals surface area contributed by atoms with Gasteiger partial charge in [-0.25, -0.2) is 0 Å². The lowest BCUT2D eigenvalue weighted by Gasteiger charge is -2.30. The minimum absolute atomic E-state index is 0.681. The van der Waals surface area contributed by atoms with E-state index >= 15 is 0 Å². The Hall–Kier alpha value is -0.980. The molecule has 1 unspecified atom stereocenters. The molecule has 0 amide bonds. The molecule has 1 aromatic carbocycles.